The third-order valence-corrected chi connectivity index (χ3v) is 7.46. The number of hydrogen-bond acceptors (Lipinski definition) is 6. The molecule has 4 rings (SSSR count). The number of amides is 4. The first kappa shape index (κ1) is 28.9. The molecule has 0 saturated carbocycles. The van der Waals surface area contributed by atoms with Gasteiger partial charge in [0.05, 0.1) is 6.04 Å². The van der Waals surface area contributed by atoms with Gasteiger partial charge in [0.25, 0.3) is 11.8 Å². The number of ketones is 1. The van der Waals surface area contributed by atoms with Gasteiger partial charge in [-0.3, -0.25) is 24.0 Å². The zero-order valence-electron chi connectivity index (χ0n) is 23.0. The lowest BCUT2D eigenvalue weighted by Gasteiger charge is -2.29. The van der Waals surface area contributed by atoms with Gasteiger partial charge in [-0.1, -0.05) is 62.4 Å². The summed E-state index contributed by atoms with van der Waals surface area (Å²) in [6.07, 6.45) is 0.648. The minimum absolute atomic E-state index is 0.0352. The maximum Gasteiger partial charge on any atom is 0.289 e. The van der Waals surface area contributed by atoms with E-state index in [4.69, 9.17) is 0 Å². The van der Waals surface area contributed by atoms with Crippen LogP contribution in [0.2, 0.25) is 0 Å². The van der Waals surface area contributed by atoms with Gasteiger partial charge >= 0.3 is 0 Å². The summed E-state index contributed by atoms with van der Waals surface area (Å²) in [5.41, 5.74) is 0.245. The van der Waals surface area contributed by atoms with E-state index in [9.17, 15) is 29.1 Å². The maximum atomic E-state index is 13.8. The lowest BCUT2D eigenvalue weighted by atomic mass is 9.89. The summed E-state index contributed by atoms with van der Waals surface area (Å²) < 4.78 is 0. The number of nitrogens with one attached hydrogen (secondary N) is 4. The molecule has 10 heteroatoms. The minimum atomic E-state index is -2.03. The summed E-state index contributed by atoms with van der Waals surface area (Å²) in [6.45, 7) is 6.10. The van der Waals surface area contributed by atoms with Crippen molar-refractivity contribution in [2.45, 2.75) is 57.7 Å². The van der Waals surface area contributed by atoms with E-state index in [0.717, 1.165) is 11.1 Å². The number of fused-ring (bicyclic) bond motifs is 3. The van der Waals surface area contributed by atoms with Gasteiger partial charge in [-0.25, -0.2) is 0 Å². The summed E-state index contributed by atoms with van der Waals surface area (Å²) in [5, 5.41) is 22.4. The third kappa shape index (κ3) is 5.62. The molecule has 3 atom stereocenters. The second-order valence-electron chi connectivity index (χ2n) is 10.8. The maximum absolute atomic E-state index is 13.8. The fraction of sp³-hybridized carbons (Fsp3) is 0.433. The average molecular weight is 549 g/mol. The standard InChI is InChI=1S/C30H36N4O6/c1-4-31-28(38)25(35)23(16-18-13-14-32-26(18)36)33-27(37)24(15-17(2)3)34-29(39)30(40)21-11-7-5-9-19(21)20-10-6-8-12-22(20)30/h5-12,17-18,23-24,40H,4,13-16H2,1-3H3,(H,31,38)(H,32,36)(H,33,37)(H,34,39)/t18-,23+,24-/m0/s1. The topological polar surface area (TPSA) is 154 Å². The highest BCUT2D eigenvalue weighted by atomic mass is 16.3. The molecule has 212 valence electrons. The molecule has 1 aliphatic carbocycles. The summed E-state index contributed by atoms with van der Waals surface area (Å²) in [6, 6.07) is 11.8. The molecule has 0 unspecified atom stereocenters. The Kier molecular flexibility index (Phi) is 8.68. The van der Waals surface area contributed by atoms with Gasteiger partial charge in [0.2, 0.25) is 17.6 Å². The summed E-state index contributed by atoms with van der Waals surface area (Å²) >= 11 is 0. The highest BCUT2D eigenvalue weighted by Gasteiger charge is 2.48. The van der Waals surface area contributed by atoms with Crippen LogP contribution in [0, 0.1) is 11.8 Å². The molecule has 1 aliphatic heterocycles. The van der Waals surface area contributed by atoms with E-state index < -0.39 is 47.1 Å². The van der Waals surface area contributed by atoms with Crippen LogP contribution in [0.1, 0.15) is 51.2 Å². The van der Waals surface area contributed by atoms with E-state index >= 15 is 0 Å². The van der Waals surface area contributed by atoms with Crippen LogP contribution in [0.15, 0.2) is 48.5 Å². The largest absolute Gasteiger partial charge is 0.372 e. The van der Waals surface area contributed by atoms with Gasteiger partial charge in [-0.05, 0) is 43.2 Å². The Bertz CT molecular complexity index is 1280. The molecule has 1 fully saturated rings. The first-order valence-electron chi connectivity index (χ1n) is 13.7. The van der Waals surface area contributed by atoms with Gasteiger partial charge in [-0.15, -0.1) is 0 Å². The molecule has 0 bridgehead atoms. The van der Waals surface area contributed by atoms with Gasteiger partial charge in [0.15, 0.2) is 5.60 Å². The molecular formula is C30H36N4O6. The van der Waals surface area contributed by atoms with E-state index in [2.05, 4.69) is 21.3 Å². The Morgan fingerprint density at radius 3 is 2.10 bits per heavy atom. The van der Waals surface area contributed by atoms with Crippen LogP contribution in [-0.2, 0) is 29.6 Å². The first-order valence-corrected chi connectivity index (χ1v) is 13.7. The molecule has 0 spiro atoms. The number of carbonyl (C=O) groups excluding carboxylic acids is 5. The van der Waals surface area contributed by atoms with E-state index in [-0.39, 0.29) is 31.2 Å². The Balaban J connectivity index is 1.60. The first-order chi connectivity index (χ1) is 19.1. The highest BCUT2D eigenvalue weighted by molar-refractivity contribution is 6.38. The SMILES string of the molecule is CCNC(=O)C(=O)[C@@H](C[C@@H]1CCNC1=O)NC(=O)[C@H](CC(C)C)NC(=O)C1(O)c2ccccc2-c2ccccc21. The highest BCUT2D eigenvalue weighted by Crippen LogP contribution is 2.47. The molecule has 2 aromatic carbocycles. The Morgan fingerprint density at radius 1 is 0.975 bits per heavy atom. The molecule has 2 aromatic rings. The molecule has 1 saturated heterocycles. The van der Waals surface area contributed by atoms with Crippen molar-refractivity contribution in [2.75, 3.05) is 13.1 Å². The van der Waals surface area contributed by atoms with Gasteiger partial charge < -0.3 is 26.4 Å². The van der Waals surface area contributed by atoms with Crippen molar-refractivity contribution in [3.63, 3.8) is 0 Å². The normalized spacial score (nSPS) is 18.2. The molecule has 2 aliphatic rings. The number of aliphatic hydroxyl groups is 1. The summed E-state index contributed by atoms with van der Waals surface area (Å²) in [7, 11) is 0. The second kappa shape index (κ2) is 12.0. The number of carbonyl (C=O) groups is 5. The van der Waals surface area contributed by atoms with Crippen molar-refractivity contribution in [2.24, 2.45) is 11.8 Å². The number of benzene rings is 2. The summed E-state index contributed by atoms with van der Waals surface area (Å²) in [5.74, 6) is -3.97. The Hall–Kier alpha value is -4.05. The number of likely N-dealkylation sites (N-methyl/N-ethyl adjacent to an activating group) is 1. The Labute approximate surface area is 233 Å². The smallest absolute Gasteiger partial charge is 0.289 e. The Morgan fingerprint density at radius 2 is 1.57 bits per heavy atom. The van der Waals surface area contributed by atoms with Crippen LogP contribution in [0.25, 0.3) is 11.1 Å². The van der Waals surface area contributed by atoms with Crippen LogP contribution in [0.5, 0.6) is 0 Å². The third-order valence-electron chi connectivity index (χ3n) is 7.46. The van der Waals surface area contributed by atoms with Crippen molar-refractivity contribution < 1.29 is 29.1 Å². The molecule has 40 heavy (non-hydrogen) atoms. The summed E-state index contributed by atoms with van der Waals surface area (Å²) in [4.78, 5) is 64.9. The van der Waals surface area contributed by atoms with Crippen molar-refractivity contribution in [3.05, 3.63) is 59.7 Å². The molecule has 4 amide bonds. The van der Waals surface area contributed by atoms with Crippen LogP contribution in [-0.4, -0.2) is 59.7 Å². The number of Topliss-reactive ketones (excluding diaryl/α,β-unsaturated/α-hetero) is 1. The lowest BCUT2D eigenvalue weighted by molar-refractivity contribution is -0.142. The minimum Gasteiger partial charge on any atom is -0.372 e. The number of rotatable bonds is 11. The van der Waals surface area contributed by atoms with Gasteiger partial charge in [0, 0.05) is 30.1 Å². The lowest BCUT2D eigenvalue weighted by Crippen LogP contribution is -2.57. The second-order valence-corrected chi connectivity index (χ2v) is 10.8. The zero-order valence-corrected chi connectivity index (χ0v) is 23.0. The van der Waals surface area contributed by atoms with Crippen molar-refractivity contribution >= 4 is 29.4 Å². The molecule has 5 N–H and O–H groups in total. The van der Waals surface area contributed by atoms with Crippen molar-refractivity contribution in [1.82, 2.24) is 21.3 Å². The van der Waals surface area contributed by atoms with Crippen LogP contribution in [0.4, 0.5) is 0 Å². The van der Waals surface area contributed by atoms with Gasteiger partial charge in [-0.2, -0.15) is 0 Å². The van der Waals surface area contributed by atoms with E-state index in [0.29, 0.717) is 24.1 Å². The van der Waals surface area contributed by atoms with Crippen LogP contribution >= 0.6 is 0 Å². The average Bonchev–Trinajstić information content (AvgIpc) is 3.46. The fourth-order valence-electron chi connectivity index (χ4n) is 5.49. The molecule has 1 heterocycles. The van der Waals surface area contributed by atoms with Crippen LogP contribution in [0.3, 0.4) is 0 Å². The fourth-order valence-corrected chi connectivity index (χ4v) is 5.49. The van der Waals surface area contributed by atoms with Crippen molar-refractivity contribution in [1.29, 1.82) is 0 Å². The zero-order chi connectivity index (χ0) is 29.0. The van der Waals surface area contributed by atoms with Gasteiger partial charge in [0.1, 0.15) is 6.04 Å². The molecule has 0 radical (unpaired) electrons. The molecular weight excluding hydrogens is 512 g/mol. The number of hydrogen-bond donors (Lipinski definition) is 5. The van der Waals surface area contributed by atoms with Crippen LogP contribution < -0.4 is 21.3 Å². The molecule has 0 aromatic heterocycles. The van der Waals surface area contributed by atoms with E-state index in [1.54, 1.807) is 31.2 Å². The monoisotopic (exact) mass is 548 g/mol. The van der Waals surface area contributed by atoms with E-state index in [1.165, 1.54) is 0 Å². The predicted octanol–water partition coefficient (Wildman–Crippen LogP) is 1.15. The van der Waals surface area contributed by atoms with E-state index in [1.807, 2.05) is 38.1 Å². The van der Waals surface area contributed by atoms with Crippen molar-refractivity contribution in [3.8, 4) is 11.1 Å². The predicted molar refractivity (Wildman–Crippen MR) is 148 cm³/mol. The quantitative estimate of drug-likeness (QED) is 0.266. The molecule has 10 nitrogen and oxygen atoms in total.